The van der Waals surface area contributed by atoms with Crippen molar-refractivity contribution in [3.05, 3.63) is 59.6 Å². The second kappa shape index (κ2) is 10.4. The van der Waals surface area contributed by atoms with Crippen molar-refractivity contribution in [3.63, 3.8) is 0 Å². The molecule has 2 aromatic carbocycles. The van der Waals surface area contributed by atoms with Gasteiger partial charge in [0.1, 0.15) is 22.2 Å². The maximum Gasteiger partial charge on any atom is 0.277 e. The molecule has 1 heterocycles. The maximum absolute atomic E-state index is 13.2. The Balaban J connectivity index is 1.81. The molecule has 154 valence electrons. The molecule has 7 heteroatoms. The molecule has 0 aliphatic rings. The molecule has 0 saturated heterocycles. The summed E-state index contributed by atoms with van der Waals surface area (Å²) >= 11 is 1.41. The number of thiazole rings is 1. The molecule has 1 aromatic heterocycles. The van der Waals surface area contributed by atoms with Gasteiger partial charge in [0.15, 0.2) is 0 Å². The third-order valence-electron chi connectivity index (χ3n) is 4.29. The van der Waals surface area contributed by atoms with Gasteiger partial charge in [-0.1, -0.05) is 0 Å². The SMILES string of the molecule is CCOc1ccc(-c2nc(C(=O)N(CCC#N)c3ccc(OCC)cc3)cs2)cc1. The van der Waals surface area contributed by atoms with E-state index in [0.29, 0.717) is 31.1 Å². The lowest BCUT2D eigenvalue weighted by molar-refractivity contribution is 0.0983. The highest BCUT2D eigenvalue weighted by Crippen LogP contribution is 2.28. The molecule has 3 aromatic rings. The number of hydrogen-bond acceptors (Lipinski definition) is 6. The average molecular weight is 422 g/mol. The van der Waals surface area contributed by atoms with Gasteiger partial charge in [0.05, 0.1) is 25.7 Å². The molecule has 0 fully saturated rings. The fourth-order valence-corrected chi connectivity index (χ4v) is 3.70. The largest absolute Gasteiger partial charge is 0.494 e. The van der Waals surface area contributed by atoms with E-state index in [-0.39, 0.29) is 12.3 Å². The Morgan fingerprint density at radius 3 is 2.20 bits per heavy atom. The van der Waals surface area contributed by atoms with Crippen LogP contribution >= 0.6 is 11.3 Å². The zero-order valence-electron chi connectivity index (χ0n) is 17.0. The maximum atomic E-state index is 13.2. The Morgan fingerprint density at radius 1 is 1.03 bits per heavy atom. The Kier molecular flexibility index (Phi) is 7.41. The monoisotopic (exact) mass is 421 g/mol. The third kappa shape index (κ3) is 5.16. The molecule has 0 spiro atoms. The topological polar surface area (TPSA) is 75.5 Å². The van der Waals surface area contributed by atoms with Crippen molar-refractivity contribution in [1.29, 1.82) is 5.26 Å². The van der Waals surface area contributed by atoms with Gasteiger partial charge >= 0.3 is 0 Å². The lowest BCUT2D eigenvalue weighted by Gasteiger charge is -2.21. The predicted molar refractivity (Wildman–Crippen MR) is 118 cm³/mol. The van der Waals surface area contributed by atoms with E-state index in [9.17, 15) is 4.79 Å². The van der Waals surface area contributed by atoms with Crippen LogP contribution in [0.2, 0.25) is 0 Å². The van der Waals surface area contributed by atoms with Gasteiger partial charge in [0.2, 0.25) is 0 Å². The zero-order chi connectivity index (χ0) is 21.3. The van der Waals surface area contributed by atoms with Crippen LogP contribution in [0.3, 0.4) is 0 Å². The molecular weight excluding hydrogens is 398 g/mol. The molecule has 3 rings (SSSR count). The van der Waals surface area contributed by atoms with Crippen LogP contribution < -0.4 is 14.4 Å². The smallest absolute Gasteiger partial charge is 0.277 e. The van der Waals surface area contributed by atoms with Gasteiger partial charge in [-0.05, 0) is 62.4 Å². The summed E-state index contributed by atoms with van der Waals surface area (Å²) < 4.78 is 10.9. The van der Waals surface area contributed by atoms with Gasteiger partial charge < -0.3 is 14.4 Å². The molecule has 0 aliphatic heterocycles. The van der Waals surface area contributed by atoms with Gasteiger partial charge in [-0.25, -0.2) is 4.98 Å². The van der Waals surface area contributed by atoms with E-state index in [2.05, 4.69) is 11.1 Å². The molecule has 0 N–H and O–H groups in total. The Hall–Kier alpha value is -3.37. The van der Waals surface area contributed by atoms with E-state index in [1.807, 2.05) is 62.4 Å². The van der Waals surface area contributed by atoms with Gasteiger partial charge in [0.25, 0.3) is 5.91 Å². The van der Waals surface area contributed by atoms with Gasteiger partial charge in [0, 0.05) is 23.2 Å². The highest BCUT2D eigenvalue weighted by Gasteiger charge is 2.21. The Morgan fingerprint density at radius 2 is 1.63 bits per heavy atom. The molecule has 0 aliphatic carbocycles. The molecule has 0 saturated carbocycles. The second-order valence-electron chi connectivity index (χ2n) is 6.29. The summed E-state index contributed by atoms with van der Waals surface area (Å²) in [4.78, 5) is 19.3. The number of hydrogen-bond donors (Lipinski definition) is 0. The lowest BCUT2D eigenvalue weighted by atomic mass is 10.2. The van der Waals surface area contributed by atoms with Crippen LogP contribution in [0.1, 0.15) is 30.8 Å². The Labute approximate surface area is 180 Å². The van der Waals surface area contributed by atoms with Crippen LogP contribution in [0.25, 0.3) is 10.6 Å². The van der Waals surface area contributed by atoms with Crippen LogP contribution in [0.15, 0.2) is 53.9 Å². The molecule has 6 nitrogen and oxygen atoms in total. The van der Waals surface area contributed by atoms with Crippen molar-refractivity contribution in [2.75, 3.05) is 24.7 Å². The van der Waals surface area contributed by atoms with E-state index in [1.165, 1.54) is 11.3 Å². The van der Waals surface area contributed by atoms with E-state index in [4.69, 9.17) is 14.7 Å². The van der Waals surface area contributed by atoms with Gasteiger partial charge in [-0.3, -0.25) is 4.79 Å². The number of ether oxygens (including phenoxy) is 2. The number of nitrogens with zero attached hydrogens (tertiary/aromatic N) is 3. The van der Waals surface area contributed by atoms with Crippen LogP contribution in [-0.2, 0) is 0 Å². The predicted octanol–water partition coefficient (Wildman–Crippen LogP) is 5.17. The molecule has 0 atom stereocenters. The minimum Gasteiger partial charge on any atom is -0.494 e. The molecule has 30 heavy (non-hydrogen) atoms. The van der Waals surface area contributed by atoms with E-state index < -0.39 is 0 Å². The summed E-state index contributed by atoms with van der Waals surface area (Å²) in [7, 11) is 0. The summed E-state index contributed by atoms with van der Waals surface area (Å²) in [5, 5.41) is 11.5. The number of anilines is 1. The number of benzene rings is 2. The van der Waals surface area contributed by atoms with Crippen molar-refractivity contribution in [3.8, 4) is 28.1 Å². The molecule has 0 unspecified atom stereocenters. The van der Waals surface area contributed by atoms with Crippen molar-refractivity contribution in [1.82, 2.24) is 4.98 Å². The molecular formula is C23H23N3O3S. The first-order chi connectivity index (χ1) is 14.7. The second-order valence-corrected chi connectivity index (χ2v) is 7.15. The first kappa shape index (κ1) is 21.3. The minimum absolute atomic E-state index is 0.231. The van der Waals surface area contributed by atoms with E-state index in [1.54, 1.807) is 10.3 Å². The summed E-state index contributed by atoms with van der Waals surface area (Å²) in [5.41, 5.74) is 1.98. The average Bonchev–Trinajstić information content (AvgIpc) is 3.26. The fourth-order valence-electron chi connectivity index (χ4n) is 2.90. The number of nitriles is 1. The normalized spacial score (nSPS) is 10.3. The van der Waals surface area contributed by atoms with Crippen LogP contribution in [0.5, 0.6) is 11.5 Å². The quantitative estimate of drug-likeness (QED) is 0.476. The van der Waals surface area contributed by atoms with Crippen molar-refractivity contribution >= 4 is 22.9 Å². The minimum atomic E-state index is -0.233. The highest BCUT2D eigenvalue weighted by molar-refractivity contribution is 7.13. The highest BCUT2D eigenvalue weighted by atomic mass is 32.1. The van der Waals surface area contributed by atoms with Gasteiger partial charge in [-0.2, -0.15) is 5.26 Å². The number of aromatic nitrogens is 1. The third-order valence-corrected chi connectivity index (χ3v) is 5.18. The van der Waals surface area contributed by atoms with Crippen LogP contribution in [0.4, 0.5) is 5.69 Å². The standard InChI is InChI=1S/C23H23N3O3S/c1-3-28-19-10-6-17(7-11-19)22-25-21(16-30-22)23(27)26(15-5-14-24)18-8-12-20(13-9-18)29-4-2/h6-13,16H,3-5,15H2,1-2H3. The zero-order valence-corrected chi connectivity index (χ0v) is 17.8. The Bertz CT molecular complexity index is 1010. The number of carbonyl (C=O) groups excluding carboxylic acids is 1. The lowest BCUT2D eigenvalue weighted by Crippen LogP contribution is -2.32. The molecule has 0 bridgehead atoms. The van der Waals surface area contributed by atoms with E-state index >= 15 is 0 Å². The fraction of sp³-hybridized carbons (Fsp3) is 0.261. The summed E-state index contributed by atoms with van der Waals surface area (Å²) in [6.45, 7) is 5.33. The number of rotatable bonds is 9. The van der Waals surface area contributed by atoms with E-state index in [0.717, 1.165) is 22.1 Å². The first-order valence-electron chi connectivity index (χ1n) is 9.76. The van der Waals surface area contributed by atoms with Crippen molar-refractivity contribution in [2.24, 2.45) is 0 Å². The summed E-state index contributed by atoms with van der Waals surface area (Å²) in [6.07, 6.45) is 0.231. The van der Waals surface area contributed by atoms with Crippen LogP contribution in [-0.4, -0.2) is 30.6 Å². The van der Waals surface area contributed by atoms with Crippen molar-refractivity contribution in [2.45, 2.75) is 20.3 Å². The molecule has 0 radical (unpaired) electrons. The van der Waals surface area contributed by atoms with Gasteiger partial charge in [-0.15, -0.1) is 11.3 Å². The molecule has 1 amide bonds. The van der Waals surface area contributed by atoms with Crippen molar-refractivity contribution < 1.29 is 14.3 Å². The summed E-state index contributed by atoms with van der Waals surface area (Å²) in [5.74, 6) is 1.30. The number of carbonyl (C=O) groups is 1. The number of amides is 1. The first-order valence-corrected chi connectivity index (χ1v) is 10.6. The summed E-state index contributed by atoms with van der Waals surface area (Å²) in [6, 6.07) is 17.0. The van der Waals surface area contributed by atoms with Crippen LogP contribution in [0, 0.1) is 11.3 Å².